The number of hydrazine groups is 2. The molecule has 0 aromatic carbocycles. The number of fused-ring (bicyclic) bond motifs is 2. The Bertz CT molecular complexity index is 1070. The molecule has 0 spiro atoms. The average Bonchev–Trinajstić information content (AvgIpc) is 3.40. The first-order chi connectivity index (χ1) is 12.6. The Balaban J connectivity index is 0.000000136. The molecule has 0 unspecified atom stereocenters. The second kappa shape index (κ2) is 6.73. The van der Waals surface area contributed by atoms with E-state index in [1.54, 1.807) is 41.9 Å². The Morgan fingerprint density at radius 2 is 1.58 bits per heavy atom. The average molecular weight is 420 g/mol. The fourth-order valence-corrected chi connectivity index (χ4v) is 2.98. The normalized spacial score (nSPS) is 13.1. The number of H-pyrrole nitrogens is 2. The fourth-order valence-electron chi connectivity index (χ4n) is 2.55. The lowest BCUT2D eigenvalue weighted by atomic mass is 10.3. The predicted molar refractivity (Wildman–Crippen MR) is 97.7 cm³/mol. The van der Waals surface area contributed by atoms with E-state index >= 15 is 0 Å². The highest BCUT2D eigenvalue weighted by Crippen LogP contribution is 2.25. The van der Waals surface area contributed by atoms with Crippen LogP contribution in [0.3, 0.4) is 0 Å². The molecule has 0 saturated carbocycles. The minimum atomic E-state index is -0.328. The predicted octanol–water partition coefficient (Wildman–Crippen LogP) is 3.47. The van der Waals surface area contributed by atoms with Gasteiger partial charge in [-0.3, -0.25) is 0 Å². The molecule has 0 radical (unpaired) electrons. The van der Waals surface area contributed by atoms with Crippen molar-refractivity contribution in [3.05, 3.63) is 65.6 Å². The van der Waals surface area contributed by atoms with E-state index in [1.807, 2.05) is 0 Å². The summed E-state index contributed by atoms with van der Waals surface area (Å²) >= 11 is 3.20. The van der Waals surface area contributed by atoms with E-state index in [1.165, 1.54) is 12.4 Å². The van der Waals surface area contributed by atoms with Gasteiger partial charge in [0.1, 0.15) is 4.60 Å². The molecule has 4 aromatic rings. The molecule has 0 fully saturated rings. The minimum Gasteiger partial charge on any atom is -0.359 e. The number of anilines is 1. The molecule has 0 saturated heterocycles. The molecule has 1 aliphatic heterocycles. The van der Waals surface area contributed by atoms with Crippen LogP contribution in [0.25, 0.3) is 21.8 Å². The topological polar surface area (TPSA) is 84.7 Å². The Labute approximate surface area is 154 Å². The van der Waals surface area contributed by atoms with Crippen LogP contribution in [-0.4, -0.2) is 19.9 Å². The van der Waals surface area contributed by atoms with E-state index < -0.39 is 0 Å². The summed E-state index contributed by atoms with van der Waals surface area (Å²) in [5.41, 5.74) is 6.99. The van der Waals surface area contributed by atoms with Gasteiger partial charge in [0, 0.05) is 35.6 Å². The molecular weight excluding hydrogens is 408 g/mol. The zero-order valence-corrected chi connectivity index (χ0v) is 14.7. The van der Waals surface area contributed by atoms with Gasteiger partial charge < -0.3 is 15.4 Å². The third kappa shape index (κ3) is 2.89. The Hall–Kier alpha value is -2.98. The molecule has 10 heteroatoms. The zero-order chi connectivity index (χ0) is 18.1. The summed E-state index contributed by atoms with van der Waals surface area (Å²) in [6.07, 6.45) is 9.26. The first kappa shape index (κ1) is 16.5. The number of hydrogen-bond acceptors (Lipinski definition) is 5. The molecule has 4 aromatic heterocycles. The molecule has 0 atom stereocenters. The van der Waals surface area contributed by atoms with E-state index in [0.29, 0.717) is 32.2 Å². The fraction of sp³-hybridized carbons (Fsp3) is 0. The number of hydrogen-bond donors (Lipinski definition) is 4. The van der Waals surface area contributed by atoms with Crippen LogP contribution in [0.2, 0.25) is 0 Å². The van der Waals surface area contributed by atoms with Crippen molar-refractivity contribution in [1.29, 1.82) is 0 Å². The molecule has 7 nitrogen and oxygen atoms in total. The number of nitrogens with zero attached hydrogens (tertiary/aromatic N) is 3. The molecule has 0 amide bonds. The molecular formula is C16H12BrF2N7. The second-order valence-corrected chi connectivity index (χ2v) is 6.05. The first-order valence-electron chi connectivity index (χ1n) is 7.51. The van der Waals surface area contributed by atoms with Gasteiger partial charge in [0.05, 0.1) is 23.4 Å². The highest BCUT2D eigenvalue weighted by molar-refractivity contribution is 9.10. The Morgan fingerprint density at radius 3 is 2.23 bits per heavy atom. The van der Waals surface area contributed by atoms with Crippen molar-refractivity contribution in [3.8, 4) is 0 Å². The van der Waals surface area contributed by atoms with Gasteiger partial charge in [-0.2, -0.15) is 0 Å². The third-order valence-electron chi connectivity index (χ3n) is 3.75. The van der Waals surface area contributed by atoms with Gasteiger partial charge in [-0.05, 0) is 28.1 Å². The number of aromatic nitrogens is 4. The molecule has 5 rings (SSSR count). The summed E-state index contributed by atoms with van der Waals surface area (Å²) in [6.45, 7) is 0. The van der Waals surface area contributed by atoms with Gasteiger partial charge >= 0.3 is 0 Å². The summed E-state index contributed by atoms with van der Waals surface area (Å²) in [6, 6.07) is 3.36. The number of halogens is 3. The lowest BCUT2D eigenvalue weighted by molar-refractivity contribution is 0.630. The van der Waals surface area contributed by atoms with E-state index in [-0.39, 0.29) is 11.6 Å². The minimum absolute atomic E-state index is 0.301. The van der Waals surface area contributed by atoms with Gasteiger partial charge in [-0.25, -0.2) is 23.8 Å². The maximum atomic E-state index is 13.3. The van der Waals surface area contributed by atoms with Crippen LogP contribution in [0, 0.1) is 11.6 Å². The van der Waals surface area contributed by atoms with Gasteiger partial charge in [0.25, 0.3) is 0 Å². The maximum Gasteiger partial charge on any atom is 0.173 e. The van der Waals surface area contributed by atoms with Crippen LogP contribution >= 0.6 is 15.9 Å². The lowest BCUT2D eigenvalue weighted by Gasteiger charge is -2.14. The van der Waals surface area contributed by atoms with Crippen LogP contribution in [0.5, 0.6) is 0 Å². The second-order valence-electron chi connectivity index (χ2n) is 5.30. The Kier molecular flexibility index (Phi) is 4.27. The lowest BCUT2D eigenvalue weighted by Crippen LogP contribution is -2.36. The van der Waals surface area contributed by atoms with Crippen molar-refractivity contribution >= 4 is 43.6 Å². The van der Waals surface area contributed by atoms with Crippen LogP contribution in [0.4, 0.5) is 14.6 Å². The SMILES string of the molecule is Fc1cnc(Br)c2[nH]ccc12.Fc1cnc(N2C=CNN2)c2[nH]ccc12. The molecule has 5 heterocycles. The largest absolute Gasteiger partial charge is 0.359 e. The van der Waals surface area contributed by atoms with E-state index in [9.17, 15) is 8.78 Å². The van der Waals surface area contributed by atoms with Crippen molar-refractivity contribution in [2.75, 3.05) is 5.01 Å². The monoisotopic (exact) mass is 419 g/mol. The van der Waals surface area contributed by atoms with Gasteiger partial charge in [0.2, 0.25) is 0 Å². The van der Waals surface area contributed by atoms with E-state index in [4.69, 9.17) is 0 Å². The molecule has 0 aliphatic carbocycles. The number of nitrogens with one attached hydrogen (secondary N) is 4. The molecule has 26 heavy (non-hydrogen) atoms. The van der Waals surface area contributed by atoms with Crippen molar-refractivity contribution in [2.24, 2.45) is 0 Å². The summed E-state index contributed by atoms with van der Waals surface area (Å²) in [7, 11) is 0. The maximum absolute atomic E-state index is 13.3. The van der Waals surface area contributed by atoms with Crippen molar-refractivity contribution in [1.82, 2.24) is 30.9 Å². The number of rotatable bonds is 1. The van der Waals surface area contributed by atoms with E-state index in [0.717, 1.165) is 0 Å². The molecule has 4 N–H and O–H groups in total. The van der Waals surface area contributed by atoms with E-state index in [2.05, 4.69) is 46.8 Å². The summed E-state index contributed by atoms with van der Waals surface area (Å²) in [5.74, 6) is -0.00626. The molecule has 132 valence electrons. The zero-order valence-electron chi connectivity index (χ0n) is 13.1. The summed E-state index contributed by atoms with van der Waals surface area (Å²) < 4.78 is 26.9. The first-order valence-corrected chi connectivity index (χ1v) is 8.30. The molecule has 1 aliphatic rings. The van der Waals surface area contributed by atoms with Crippen molar-refractivity contribution in [3.63, 3.8) is 0 Å². The number of aromatic amines is 2. The Morgan fingerprint density at radius 1 is 0.923 bits per heavy atom. The van der Waals surface area contributed by atoms with Crippen LogP contribution in [-0.2, 0) is 0 Å². The van der Waals surface area contributed by atoms with Crippen LogP contribution < -0.4 is 16.0 Å². The van der Waals surface area contributed by atoms with Gasteiger partial charge in [-0.15, -0.1) is 5.53 Å². The van der Waals surface area contributed by atoms with Gasteiger partial charge in [-0.1, -0.05) is 0 Å². The van der Waals surface area contributed by atoms with Gasteiger partial charge in [0.15, 0.2) is 17.5 Å². The number of pyridine rings is 2. The summed E-state index contributed by atoms with van der Waals surface area (Å²) in [4.78, 5) is 13.7. The standard InChI is InChI=1S/C9H8FN5.C7H4BrFN2/c10-7-5-12-9(15-4-3-13-14-15)8-6(7)1-2-11-8;8-7-6-4(1-2-10-6)5(9)3-11-7/h1-5,11,13-14H;1-3,10H. The summed E-state index contributed by atoms with van der Waals surface area (Å²) in [5, 5.41) is 2.76. The smallest absolute Gasteiger partial charge is 0.173 e. The van der Waals surface area contributed by atoms with Crippen molar-refractivity contribution < 1.29 is 8.78 Å². The highest BCUT2D eigenvalue weighted by atomic mass is 79.9. The van der Waals surface area contributed by atoms with Crippen LogP contribution in [0.15, 0.2) is 53.9 Å². The quantitative estimate of drug-likeness (QED) is 0.355. The molecule has 0 bridgehead atoms. The third-order valence-corrected chi connectivity index (χ3v) is 4.35. The van der Waals surface area contributed by atoms with Crippen LogP contribution in [0.1, 0.15) is 0 Å². The van der Waals surface area contributed by atoms with Crippen molar-refractivity contribution in [2.45, 2.75) is 0 Å². The highest BCUT2D eigenvalue weighted by Gasteiger charge is 2.14.